The predicted octanol–water partition coefficient (Wildman–Crippen LogP) is 4.42. The molecule has 0 aliphatic carbocycles. The van der Waals surface area contributed by atoms with Crippen LogP contribution in [0.4, 0.5) is 5.82 Å². The molecule has 0 unspecified atom stereocenters. The standard InChI is InChI=1S/C24H24ClN7O2S/c1-3-20(33)31-8-4-5-16(10-31)32-24-21(23(26)27-12-28-24)22(30-32)15-6-7-18(17(25)9-15)34-11-19-14(2)29-13-35-19/h3,6-7,9,12-13,16H,1,4-5,8,10-11H2,2H3,(H2,26,27,28)/t16-/m1/s1. The fraction of sp³-hybridized carbons (Fsp3) is 0.292. The topological polar surface area (TPSA) is 112 Å². The predicted molar refractivity (Wildman–Crippen MR) is 136 cm³/mol. The van der Waals surface area contributed by atoms with Crippen LogP contribution in [0.5, 0.6) is 5.75 Å². The number of carbonyl (C=O) groups is 1. The highest BCUT2D eigenvalue weighted by molar-refractivity contribution is 7.09. The first-order valence-electron chi connectivity index (χ1n) is 11.2. The summed E-state index contributed by atoms with van der Waals surface area (Å²) in [5.41, 5.74) is 11.1. The number of nitrogen functional groups attached to an aromatic ring is 1. The van der Waals surface area contributed by atoms with Crippen molar-refractivity contribution in [3.05, 3.63) is 58.3 Å². The molecule has 1 aromatic carbocycles. The van der Waals surface area contributed by atoms with Crippen LogP contribution in [-0.2, 0) is 11.4 Å². The first-order valence-corrected chi connectivity index (χ1v) is 12.4. The normalized spacial score (nSPS) is 15.9. The zero-order valence-electron chi connectivity index (χ0n) is 19.1. The largest absolute Gasteiger partial charge is 0.486 e. The number of aromatic nitrogens is 5. The smallest absolute Gasteiger partial charge is 0.246 e. The summed E-state index contributed by atoms with van der Waals surface area (Å²) < 4.78 is 7.78. The van der Waals surface area contributed by atoms with E-state index >= 15 is 0 Å². The Morgan fingerprint density at radius 1 is 1.37 bits per heavy atom. The van der Waals surface area contributed by atoms with Crippen molar-refractivity contribution < 1.29 is 9.53 Å². The van der Waals surface area contributed by atoms with E-state index in [0.717, 1.165) is 29.0 Å². The second kappa shape index (κ2) is 9.63. The van der Waals surface area contributed by atoms with Gasteiger partial charge in [-0.2, -0.15) is 5.10 Å². The summed E-state index contributed by atoms with van der Waals surface area (Å²) in [5.74, 6) is 0.821. The van der Waals surface area contributed by atoms with Crippen molar-refractivity contribution in [3.63, 3.8) is 0 Å². The van der Waals surface area contributed by atoms with E-state index in [-0.39, 0.29) is 11.9 Å². The molecule has 3 aromatic heterocycles. The van der Waals surface area contributed by atoms with Crippen LogP contribution in [0.3, 0.4) is 0 Å². The fourth-order valence-corrected chi connectivity index (χ4v) is 5.23. The molecule has 0 spiro atoms. The lowest BCUT2D eigenvalue weighted by Crippen LogP contribution is -2.40. The molecule has 35 heavy (non-hydrogen) atoms. The van der Waals surface area contributed by atoms with Gasteiger partial charge in [-0.15, -0.1) is 11.3 Å². The lowest BCUT2D eigenvalue weighted by molar-refractivity contribution is -0.127. The second-order valence-corrected chi connectivity index (χ2v) is 9.68. The number of amides is 1. The summed E-state index contributed by atoms with van der Waals surface area (Å²) in [7, 11) is 0. The molecule has 0 radical (unpaired) electrons. The molecule has 1 aliphatic heterocycles. The number of piperidine rings is 1. The van der Waals surface area contributed by atoms with Crippen molar-refractivity contribution in [1.29, 1.82) is 0 Å². The minimum Gasteiger partial charge on any atom is -0.486 e. The molecule has 1 amide bonds. The lowest BCUT2D eigenvalue weighted by Gasteiger charge is -2.32. The molecule has 11 heteroatoms. The highest BCUT2D eigenvalue weighted by atomic mass is 35.5. The van der Waals surface area contributed by atoms with Crippen LogP contribution < -0.4 is 10.5 Å². The second-order valence-electron chi connectivity index (χ2n) is 8.33. The number of halogens is 1. The molecule has 2 N–H and O–H groups in total. The van der Waals surface area contributed by atoms with Crippen molar-refractivity contribution in [2.75, 3.05) is 18.8 Å². The van der Waals surface area contributed by atoms with E-state index in [2.05, 4.69) is 21.5 Å². The Hall–Kier alpha value is -3.50. The number of rotatable bonds is 6. The van der Waals surface area contributed by atoms with Crippen molar-refractivity contribution in [3.8, 4) is 17.0 Å². The Bertz CT molecular complexity index is 1420. The van der Waals surface area contributed by atoms with Crippen molar-refractivity contribution >= 4 is 45.7 Å². The molecule has 1 aliphatic rings. The molecule has 9 nitrogen and oxygen atoms in total. The molecule has 4 heterocycles. The SMILES string of the molecule is C=CC(=O)N1CCC[C@@H](n2nc(-c3ccc(OCc4scnc4C)c(Cl)c3)c3c(N)ncnc32)C1. The van der Waals surface area contributed by atoms with Gasteiger partial charge in [0.1, 0.15) is 30.2 Å². The van der Waals surface area contributed by atoms with Gasteiger partial charge < -0.3 is 15.4 Å². The molecule has 0 saturated carbocycles. The van der Waals surface area contributed by atoms with Crippen LogP contribution >= 0.6 is 22.9 Å². The van der Waals surface area contributed by atoms with E-state index < -0.39 is 0 Å². The molecular weight excluding hydrogens is 486 g/mol. The highest BCUT2D eigenvalue weighted by Gasteiger charge is 2.28. The van der Waals surface area contributed by atoms with Gasteiger partial charge in [-0.25, -0.2) is 19.6 Å². The lowest BCUT2D eigenvalue weighted by atomic mass is 10.1. The van der Waals surface area contributed by atoms with Gasteiger partial charge in [0, 0.05) is 18.7 Å². The first kappa shape index (κ1) is 23.3. The number of carbonyl (C=O) groups excluding carboxylic acids is 1. The summed E-state index contributed by atoms with van der Waals surface area (Å²) in [6, 6.07) is 5.49. The van der Waals surface area contributed by atoms with Crippen molar-refractivity contribution in [1.82, 2.24) is 29.6 Å². The molecule has 0 bridgehead atoms. The summed E-state index contributed by atoms with van der Waals surface area (Å²) in [4.78, 5) is 28.0. The van der Waals surface area contributed by atoms with Gasteiger partial charge in [0.2, 0.25) is 5.91 Å². The van der Waals surface area contributed by atoms with E-state index in [1.165, 1.54) is 12.4 Å². The number of hydrogen-bond donors (Lipinski definition) is 1. The fourth-order valence-electron chi connectivity index (χ4n) is 4.31. The van der Waals surface area contributed by atoms with Gasteiger partial charge in [0.15, 0.2) is 5.65 Å². The first-order chi connectivity index (χ1) is 17.0. The maximum atomic E-state index is 12.2. The number of benzene rings is 1. The summed E-state index contributed by atoms with van der Waals surface area (Å²) in [5, 5.41) is 6.02. The van der Waals surface area contributed by atoms with E-state index in [4.69, 9.17) is 27.2 Å². The average molecular weight is 510 g/mol. The third-order valence-corrected chi connectivity index (χ3v) is 7.36. The zero-order chi connectivity index (χ0) is 24.5. The Morgan fingerprint density at radius 2 is 2.23 bits per heavy atom. The minimum absolute atomic E-state index is 0.0427. The molecule has 1 atom stereocenters. The van der Waals surface area contributed by atoms with Crippen LogP contribution in [0.1, 0.15) is 29.5 Å². The number of nitrogens with two attached hydrogens (primary N) is 1. The molecule has 4 aromatic rings. The number of fused-ring (bicyclic) bond motifs is 1. The van der Waals surface area contributed by atoms with Crippen LogP contribution in [0, 0.1) is 6.92 Å². The number of nitrogens with zero attached hydrogens (tertiary/aromatic N) is 6. The maximum absolute atomic E-state index is 12.2. The highest BCUT2D eigenvalue weighted by Crippen LogP contribution is 2.37. The molecule has 180 valence electrons. The summed E-state index contributed by atoms with van der Waals surface area (Å²) in [6.45, 7) is 7.18. The van der Waals surface area contributed by atoms with E-state index in [1.54, 1.807) is 21.7 Å². The molecule has 1 fully saturated rings. The van der Waals surface area contributed by atoms with Gasteiger partial charge in [-0.3, -0.25) is 4.79 Å². The number of hydrogen-bond acceptors (Lipinski definition) is 8. The number of anilines is 1. The monoisotopic (exact) mass is 509 g/mol. The molecular formula is C24H24ClN7O2S. The number of likely N-dealkylation sites (tertiary alicyclic amines) is 1. The Balaban J connectivity index is 1.49. The van der Waals surface area contributed by atoms with Crippen LogP contribution in [0.15, 0.2) is 42.7 Å². The zero-order valence-corrected chi connectivity index (χ0v) is 20.7. The molecule has 5 rings (SSSR count). The van der Waals surface area contributed by atoms with E-state index in [9.17, 15) is 4.79 Å². The van der Waals surface area contributed by atoms with Crippen LogP contribution in [0.2, 0.25) is 5.02 Å². The third-order valence-electron chi connectivity index (χ3n) is 6.16. The van der Waals surface area contributed by atoms with Gasteiger partial charge in [-0.05, 0) is 44.0 Å². The van der Waals surface area contributed by atoms with Crippen LogP contribution in [-0.4, -0.2) is 48.6 Å². The third kappa shape index (κ3) is 4.46. The van der Waals surface area contributed by atoms with Crippen LogP contribution in [0.25, 0.3) is 22.3 Å². The number of ether oxygens (including phenoxy) is 1. The summed E-state index contributed by atoms with van der Waals surface area (Å²) >= 11 is 8.14. The Morgan fingerprint density at radius 3 is 2.97 bits per heavy atom. The number of thiazole rings is 1. The Kier molecular flexibility index (Phi) is 6.40. The quantitative estimate of drug-likeness (QED) is 0.383. The van der Waals surface area contributed by atoms with Gasteiger partial charge in [0.05, 0.1) is 32.5 Å². The maximum Gasteiger partial charge on any atom is 0.246 e. The van der Waals surface area contributed by atoms with E-state index in [0.29, 0.717) is 53.0 Å². The Labute approximate surface area is 211 Å². The average Bonchev–Trinajstić information content (AvgIpc) is 3.47. The molecule has 1 saturated heterocycles. The van der Waals surface area contributed by atoms with Crippen molar-refractivity contribution in [2.24, 2.45) is 0 Å². The summed E-state index contributed by atoms with van der Waals surface area (Å²) in [6.07, 6.45) is 4.50. The van der Waals surface area contributed by atoms with Gasteiger partial charge in [0.25, 0.3) is 0 Å². The van der Waals surface area contributed by atoms with E-state index in [1.807, 2.05) is 29.8 Å². The van der Waals surface area contributed by atoms with Gasteiger partial charge in [-0.1, -0.05) is 18.2 Å². The number of aryl methyl sites for hydroxylation is 1. The van der Waals surface area contributed by atoms with Gasteiger partial charge >= 0.3 is 0 Å². The van der Waals surface area contributed by atoms with Crippen molar-refractivity contribution in [2.45, 2.75) is 32.4 Å². The minimum atomic E-state index is -0.0866.